The number of carbonyl (C=O) groups excluding carboxylic acids is 1. The Labute approximate surface area is 118 Å². The van der Waals surface area contributed by atoms with Crippen LogP contribution in [0.15, 0.2) is 16.5 Å². The van der Waals surface area contributed by atoms with Gasteiger partial charge in [-0.25, -0.2) is 4.79 Å². The van der Waals surface area contributed by atoms with Crippen LogP contribution in [0.2, 0.25) is 5.22 Å². The molecule has 1 heterocycles. The van der Waals surface area contributed by atoms with E-state index in [1.54, 1.807) is 6.07 Å². The highest BCUT2D eigenvalue weighted by molar-refractivity contribution is 6.28. The smallest absolute Gasteiger partial charge is 0.407 e. The zero-order chi connectivity index (χ0) is 14.5. The van der Waals surface area contributed by atoms with E-state index in [2.05, 4.69) is 10.6 Å². The van der Waals surface area contributed by atoms with Gasteiger partial charge in [-0.2, -0.15) is 0 Å². The number of rotatable bonds is 5. The van der Waals surface area contributed by atoms with Gasteiger partial charge in [-0.1, -0.05) is 0 Å². The summed E-state index contributed by atoms with van der Waals surface area (Å²) in [7, 11) is 0. The standard InChI is InChI=1S/C13H21ClN2O3/c1-9(7-16-12(17)19-13(2,3)4)15-8-10-5-6-11(14)18-10/h5-6,9,15H,7-8H2,1-4H3,(H,16,17). The Morgan fingerprint density at radius 3 is 2.68 bits per heavy atom. The molecular weight excluding hydrogens is 268 g/mol. The molecule has 108 valence electrons. The van der Waals surface area contributed by atoms with E-state index in [9.17, 15) is 4.79 Å². The van der Waals surface area contributed by atoms with Gasteiger partial charge in [0.05, 0.1) is 6.54 Å². The summed E-state index contributed by atoms with van der Waals surface area (Å²) in [6, 6.07) is 3.60. The average molecular weight is 289 g/mol. The van der Waals surface area contributed by atoms with Gasteiger partial charge in [0.2, 0.25) is 0 Å². The van der Waals surface area contributed by atoms with Crippen LogP contribution < -0.4 is 10.6 Å². The molecule has 0 aliphatic rings. The van der Waals surface area contributed by atoms with Gasteiger partial charge in [-0.15, -0.1) is 0 Å². The number of carbonyl (C=O) groups is 1. The molecule has 5 nitrogen and oxygen atoms in total. The van der Waals surface area contributed by atoms with Crippen LogP contribution in [-0.4, -0.2) is 24.3 Å². The summed E-state index contributed by atoms with van der Waals surface area (Å²) in [5, 5.41) is 6.28. The third kappa shape index (κ3) is 7.08. The van der Waals surface area contributed by atoms with Crippen molar-refractivity contribution >= 4 is 17.7 Å². The Bertz CT molecular complexity index is 412. The van der Waals surface area contributed by atoms with Crippen molar-refractivity contribution in [1.82, 2.24) is 10.6 Å². The molecule has 2 N–H and O–H groups in total. The molecule has 1 amide bonds. The largest absolute Gasteiger partial charge is 0.448 e. The molecule has 0 saturated carbocycles. The lowest BCUT2D eigenvalue weighted by molar-refractivity contribution is 0.0523. The topological polar surface area (TPSA) is 63.5 Å². The van der Waals surface area contributed by atoms with E-state index in [0.717, 1.165) is 5.76 Å². The van der Waals surface area contributed by atoms with Crippen molar-refractivity contribution in [3.63, 3.8) is 0 Å². The summed E-state index contributed by atoms with van der Waals surface area (Å²) in [6.07, 6.45) is -0.415. The van der Waals surface area contributed by atoms with Crippen LogP contribution in [0.25, 0.3) is 0 Å². The van der Waals surface area contributed by atoms with E-state index in [4.69, 9.17) is 20.8 Å². The van der Waals surface area contributed by atoms with Crippen LogP contribution in [0, 0.1) is 0 Å². The minimum absolute atomic E-state index is 0.0939. The molecule has 0 aliphatic heterocycles. The molecule has 0 aromatic carbocycles. The van der Waals surface area contributed by atoms with E-state index >= 15 is 0 Å². The number of hydrogen-bond donors (Lipinski definition) is 2. The lowest BCUT2D eigenvalue weighted by atomic mass is 10.2. The lowest BCUT2D eigenvalue weighted by Crippen LogP contribution is -2.40. The van der Waals surface area contributed by atoms with Crippen LogP contribution in [0.1, 0.15) is 33.5 Å². The number of nitrogens with one attached hydrogen (secondary N) is 2. The van der Waals surface area contributed by atoms with Gasteiger partial charge in [0, 0.05) is 12.6 Å². The first-order valence-electron chi connectivity index (χ1n) is 6.21. The third-order valence-electron chi connectivity index (χ3n) is 2.21. The highest BCUT2D eigenvalue weighted by Gasteiger charge is 2.16. The second-order valence-corrected chi connectivity index (χ2v) is 5.74. The van der Waals surface area contributed by atoms with Gasteiger partial charge in [-0.3, -0.25) is 0 Å². The molecule has 1 atom stereocenters. The van der Waals surface area contributed by atoms with Crippen molar-refractivity contribution in [2.45, 2.75) is 45.9 Å². The molecule has 1 rings (SSSR count). The number of hydrogen-bond acceptors (Lipinski definition) is 4. The van der Waals surface area contributed by atoms with Crippen molar-refractivity contribution in [2.75, 3.05) is 6.54 Å². The summed E-state index contributed by atoms with van der Waals surface area (Å²) in [5.41, 5.74) is -0.480. The third-order valence-corrected chi connectivity index (χ3v) is 2.41. The van der Waals surface area contributed by atoms with Gasteiger partial charge in [0.15, 0.2) is 5.22 Å². The zero-order valence-corrected chi connectivity index (χ0v) is 12.5. The predicted molar refractivity (Wildman–Crippen MR) is 74.3 cm³/mol. The first-order chi connectivity index (χ1) is 8.76. The summed E-state index contributed by atoms with van der Waals surface area (Å²) in [5.74, 6) is 0.758. The van der Waals surface area contributed by atoms with E-state index in [1.165, 1.54) is 0 Å². The number of halogens is 1. The molecule has 0 saturated heterocycles. The Morgan fingerprint density at radius 2 is 2.16 bits per heavy atom. The van der Waals surface area contributed by atoms with Crippen molar-refractivity contribution in [3.05, 3.63) is 23.1 Å². The van der Waals surface area contributed by atoms with Crippen molar-refractivity contribution in [3.8, 4) is 0 Å². The Balaban J connectivity index is 2.21. The van der Waals surface area contributed by atoms with Crippen LogP contribution in [0.4, 0.5) is 4.79 Å². The highest BCUT2D eigenvalue weighted by Crippen LogP contribution is 2.12. The molecule has 1 unspecified atom stereocenters. The van der Waals surface area contributed by atoms with Crippen LogP contribution in [-0.2, 0) is 11.3 Å². The molecule has 0 fully saturated rings. The minimum Gasteiger partial charge on any atom is -0.448 e. The lowest BCUT2D eigenvalue weighted by Gasteiger charge is -2.21. The van der Waals surface area contributed by atoms with E-state index < -0.39 is 11.7 Å². The van der Waals surface area contributed by atoms with E-state index in [0.29, 0.717) is 18.3 Å². The average Bonchev–Trinajstić information content (AvgIpc) is 2.67. The van der Waals surface area contributed by atoms with Gasteiger partial charge < -0.3 is 19.8 Å². The number of ether oxygens (including phenoxy) is 1. The van der Waals surface area contributed by atoms with E-state index in [-0.39, 0.29) is 6.04 Å². The minimum atomic E-state index is -0.480. The Hall–Kier alpha value is -1.20. The monoisotopic (exact) mass is 288 g/mol. The maximum absolute atomic E-state index is 11.4. The maximum atomic E-state index is 11.4. The van der Waals surface area contributed by atoms with Gasteiger partial charge in [0.25, 0.3) is 0 Å². The Kier molecular flexibility index (Phi) is 5.69. The molecule has 0 bridgehead atoms. The molecule has 0 spiro atoms. The highest BCUT2D eigenvalue weighted by atomic mass is 35.5. The second kappa shape index (κ2) is 6.82. The summed E-state index contributed by atoms with van der Waals surface area (Å²) < 4.78 is 10.4. The normalized spacial score (nSPS) is 13.1. The number of alkyl carbamates (subject to hydrolysis) is 1. The van der Waals surface area contributed by atoms with Gasteiger partial charge in [0.1, 0.15) is 11.4 Å². The van der Waals surface area contributed by atoms with Crippen LogP contribution in [0.3, 0.4) is 0 Å². The quantitative estimate of drug-likeness (QED) is 0.874. The Morgan fingerprint density at radius 1 is 1.47 bits per heavy atom. The first kappa shape index (κ1) is 15.9. The molecular formula is C13H21ClN2O3. The predicted octanol–water partition coefficient (Wildman–Crippen LogP) is 2.94. The molecule has 6 heteroatoms. The summed E-state index contributed by atoms with van der Waals surface area (Å²) in [4.78, 5) is 11.4. The van der Waals surface area contributed by atoms with Crippen LogP contribution in [0.5, 0.6) is 0 Å². The fraction of sp³-hybridized carbons (Fsp3) is 0.615. The second-order valence-electron chi connectivity index (χ2n) is 5.37. The van der Waals surface area contributed by atoms with Crippen molar-refractivity contribution < 1.29 is 13.9 Å². The van der Waals surface area contributed by atoms with Gasteiger partial charge >= 0.3 is 6.09 Å². The first-order valence-corrected chi connectivity index (χ1v) is 6.58. The fourth-order valence-corrected chi connectivity index (χ4v) is 1.51. The molecule has 1 aromatic heterocycles. The number of furan rings is 1. The summed E-state index contributed by atoms with van der Waals surface area (Å²) in [6.45, 7) is 8.48. The summed E-state index contributed by atoms with van der Waals surface area (Å²) >= 11 is 5.67. The molecule has 19 heavy (non-hydrogen) atoms. The number of amides is 1. The SMILES string of the molecule is CC(CNC(=O)OC(C)(C)C)NCc1ccc(Cl)o1. The zero-order valence-electron chi connectivity index (χ0n) is 11.7. The molecule has 0 aliphatic carbocycles. The van der Waals surface area contributed by atoms with E-state index in [1.807, 2.05) is 33.8 Å². The molecule has 1 aromatic rings. The maximum Gasteiger partial charge on any atom is 0.407 e. The van der Waals surface area contributed by atoms with Crippen molar-refractivity contribution in [2.24, 2.45) is 0 Å². The van der Waals surface area contributed by atoms with Gasteiger partial charge in [-0.05, 0) is 51.4 Å². The van der Waals surface area contributed by atoms with Crippen LogP contribution >= 0.6 is 11.6 Å². The molecule has 0 radical (unpaired) electrons. The fourth-order valence-electron chi connectivity index (χ4n) is 1.34. The van der Waals surface area contributed by atoms with Crippen molar-refractivity contribution in [1.29, 1.82) is 0 Å².